The van der Waals surface area contributed by atoms with E-state index < -0.39 is 0 Å². The number of carbonyl (C=O) groups excluding carboxylic acids is 1. The lowest BCUT2D eigenvalue weighted by Crippen LogP contribution is -2.30. The first-order valence-corrected chi connectivity index (χ1v) is 7.44. The van der Waals surface area contributed by atoms with Crippen LogP contribution in [0, 0.1) is 6.92 Å². The third kappa shape index (κ3) is 6.99. The van der Waals surface area contributed by atoms with Crippen LogP contribution in [0.2, 0.25) is 0 Å². The maximum atomic E-state index is 11.8. The molecule has 0 fully saturated rings. The first-order chi connectivity index (χ1) is 10.2. The van der Waals surface area contributed by atoms with Crippen molar-refractivity contribution in [2.24, 2.45) is 0 Å². The standard InChI is InChI=1S/C16H26N2O3/c1-4-5-10-21-11-6-9-17-16(19)18-14-12-13(2)7-8-15(14)20-3/h7-8,12H,4-6,9-11H2,1-3H3,(H2,17,18,19). The number of urea groups is 1. The van der Waals surface area contributed by atoms with E-state index in [-0.39, 0.29) is 6.03 Å². The highest BCUT2D eigenvalue weighted by molar-refractivity contribution is 5.91. The van der Waals surface area contributed by atoms with Crippen LogP contribution in [0.15, 0.2) is 18.2 Å². The van der Waals surface area contributed by atoms with Crippen molar-refractivity contribution in [3.05, 3.63) is 23.8 Å². The van der Waals surface area contributed by atoms with Crippen molar-refractivity contribution in [2.45, 2.75) is 33.1 Å². The Morgan fingerprint density at radius 1 is 1.24 bits per heavy atom. The molecule has 1 rings (SSSR count). The zero-order chi connectivity index (χ0) is 15.5. The monoisotopic (exact) mass is 294 g/mol. The highest BCUT2D eigenvalue weighted by Gasteiger charge is 2.06. The molecule has 118 valence electrons. The molecule has 0 unspecified atom stereocenters. The van der Waals surface area contributed by atoms with Crippen LogP contribution in [0.3, 0.4) is 0 Å². The molecule has 5 heteroatoms. The number of anilines is 1. The van der Waals surface area contributed by atoms with Crippen LogP contribution < -0.4 is 15.4 Å². The Hall–Kier alpha value is -1.75. The number of rotatable bonds is 9. The van der Waals surface area contributed by atoms with Gasteiger partial charge in [-0.15, -0.1) is 0 Å². The first-order valence-electron chi connectivity index (χ1n) is 7.44. The molecule has 5 nitrogen and oxygen atoms in total. The quantitative estimate of drug-likeness (QED) is 0.687. The number of unbranched alkanes of at least 4 members (excludes halogenated alkanes) is 1. The normalized spacial score (nSPS) is 10.2. The fourth-order valence-corrected chi connectivity index (χ4v) is 1.81. The van der Waals surface area contributed by atoms with Gasteiger partial charge in [-0.3, -0.25) is 0 Å². The molecule has 0 saturated carbocycles. The van der Waals surface area contributed by atoms with Crippen LogP contribution >= 0.6 is 0 Å². The van der Waals surface area contributed by atoms with Crippen LogP contribution in [-0.4, -0.2) is 32.9 Å². The maximum absolute atomic E-state index is 11.8. The van der Waals surface area contributed by atoms with Crippen molar-refractivity contribution in [3.8, 4) is 5.75 Å². The molecule has 0 saturated heterocycles. The Bertz CT molecular complexity index is 436. The minimum absolute atomic E-state index is 0.229. The number of hydrogen-bond acceptors (Lipinski definition) is 3. The molecule has 0 aromatic heterocycles. The van der Waals surface area contributed by atoms with Crippen molar-refractivity contribution >= 4 is 11.7 Å². The van der Waals surface area contributed by atoms with E-state index >= 15 is 0 Å². The average molecular weight is 294 g/mol. The topological polar surface area (TPSA) is 59.6 Å². The number of amides is 2. The summed E-state index contributed by atoms with van der Waals surface area (Å²) in [6, 6.07) is 5.43. The SMILES string of the molecule is CCCCOCCCNC(=O)Nc1cc(C)ccc1OC. The molecule has 0 spiro atoms. The molecule has 2 N–H and O–H groups in total. The summed E-state index contributed by atoms with van der Waals surface area (Å²) < 4.78 is 10.7. The van der Waals surface area contributed by atoms with E-state index in [1.165, 1.54) is 0 Å². The summed E-state index contributed by atoms with van der Waals surface area (Å²) in [4.78, 5) is 11.8. The predicted molar refractivity (Wildman–Crippen MR) is 85.1 cm³/mol. The number of benzene rings is 1. The van der Waals surface area contributed by atoms with Gasteiger partial charge in [0.2, 0.25) is 0 Å². The lowest BCUT2D eigenvalue weighted by atomic mass is 10.2. The molecule has 0 aliphatic heterocycles. The summed E-state index contributed by atoms with van der Waals surface area (Å²) in [5, 5.41) is 5.60. The molecule has 2 amide bonds. The Morgan fingerprint density at radius 2 is 2.00 bits per heavy atom. The smallest absolute Gasteiger partial charge is 0.319 e. The molecule has 21 heavy (non-hydrogen) atoms. The molecular formula is C16H26N2O3. The summed E-state index contributed by atoms with van der Waals surface area (Å²) in [5.74, 6) is 0.652. The molecule has 0 aliphatic rings. The molecule has 1 aromatic carbocycles. The lowest BCUT2D eigenvalue weighted by molar-refractivity contribution is 0.129. The average Bonchev–Trinajstić information content (AvgIpc) is 2.46. The van der Waals surface area contributed by atoms with Crippen molar-refractivity contribution in [1.29, 1.82) is 0 Å². The van der Waals surface area contributed by atoms with Crippen LogP contribution in [0.1, 0.15) is 31.7 Å². The number of methoxy groups -OCH3 is 1. The Labute approximate surface area is 127 Å². The van der Waals surface area contributed by atoms with Crippen molar-refractivity contribution in [2.75, 3.05) is 32.2 Å². The van der Waals surface area contributed by atoms with Gasteiger partial charge < -0.3 is 20.1 Å². The molecule has 1 aromatic rings. The maximum Gasteiger partial charge on any atom is 0.319 e. The summed E-state index contributed by atoms with van der Waals surface area (Å²) in [6.07, 6.45) is 3.03. The predicted octanol–water partition coefficient (Wildman–Crippen LogP) is 3.33. The van der Waals surface area contributed by atoms with Crippen LogP contribution in [-0.2, 0) is 4.74 Å². The molecule has 0 radical (unpaired) electrons. The zero-order valence-corrected chi connectivity index (χ0v) is 13.2. The molecular weight excluding hydrogens is 268 g/mol. The number of carbonyl (C=O) groups is 1. The van der Waals surface area contributed by atoms with Crippen molar-refractivity contribution in [3.63, 3.8) is 0 Å². The van der Waals surface area contributed by atoms with Crippen LogP contribution in [0.25, 0.3) is 0 Å². The van der Waals surface area contributed by atoms with Gasteiger partial charge in [0.25, 0.3) is 0 Å². The molecule has 0 heterocycles. The second kappa shape index (κ2) is 10.0. The summed E-state index contributed by atoms with van der Waals surface area (Å²) in [5.41, 5.74) is 1.74. The second-order valence-electron chi connectivity index (χ2n) is 4.90. The molecule has 0 aliphatic carbocycles. The third-order valence-corrected chi connectivity index (χ3v) is 3.00. The second-order valence-corrected chi connectivity index (χ2v) is 4.90. The summed E-state index contributed by atoms with van der Waals surface area (Å²) >= 11 is 0. The van der Waals surface area contributed by atoms with E-state index in [0.29, 0.717) is 24.6 Å². The minimum atomic E-state index is -0.229. The summed E-state index contributed by atoms with van der Waals surface area (Å²) in [6.45, 7) is 6.16. The van der Waals surface area contributed by atoms with Gasteiger partial charge in [-0.25, -0.2) is 4.79 Å². The van der Waals surface area contributed by atoms with Gasteiger partial charge in [-0.1, -0.05) is 19.4 Å². The van der Waals surface area contributed by atoms with Gasteiger partial charge in [0.15, 0.2) is 0 Å². The van der Waals surface area contributed by atoms with Crippen molar-refractivity contribution in [1.82, 2.24) is 5.32 Å². The van der Waals surface area contributed by atoms with E-state index in [0.717, 1.165) is 31.4 Å². The van der Waals surface area contributed by atoms with Gasteiger partial charge in [-0.2, -0.15) is 0 Å². The van der Waals surface area contributed by atoms with E-state index in [1.807, 2.05) is 25.1 Å². The van der Waals surface area contributed by atoms with Gasteiger partial charge in [0.05, 0.1) is 12.8 Å². The third-order valence-electron chi connectivity index (χ3n) is 3.00. The van der Waals surface area contributed by atoms with E-state index in [2.05, 4.69) is 17.6 Å². The van der Waals surface area contributed by atoms with E-state index in [4.69, 9.17) is 9.47 Å². The van der Waals surface area contributed by atoms with Gasteiger partial charge >= 0.3 is 6.03 Å². The van der Waals surface area contributed by atoms with Crippen LogP contribution in [0.5, 0.6) is 5.75 Å². The first kappa shape index (κ1) is 17.3. The fraction of sp³-hybridized carbons (Fsp3) is 0.562. The Morgan fingerprint density at radius 3 is 2.71 bits per heavy atom. The number of hydrogen-bond donors (Lipinski definition) is 2. The largest absolute Gasteiger partial charge is 0.495 e. The minimum Gasteiger partial charge on any atom is -0.495 e. The number of nitrogens with one attached hydrogen (secondary N) is 2. The number of ether oxygens (including phenoxy) is 2. The Balaban J connectivity index is 2.26. The highest BCUT2D eigenvalue weighted by atomic mass is 16.5. The molecule has 0 atom stereocenters. The highest BCUT2D eigenvalue weighted by Crippen LogP contribution is 2.24. The van der Waals surface area contributed by atoms with Crippen LogP contribution in [0.4, 0.5) is 10.5 Å². The zero-order valence-electron chi connectivity index (χ0n) is 13.2. The lowest BCUT2D eigenvalue weighted by Gasteiger charge is -2.12. The van der Waals surface area contributed by atoms with Crippen molar-refractivity contribution < 1.29 is 14.3 Å². The summed E-state index contributed by atoms with van der Waals surface area (Å²) in [7, 11) is 1.58. The Kier molecular flexibility index (Phi) is 8.28. The van der Waals surface area contributed by atoms with Gasteiger partial charge in [-0.05, 0) is 37.5 Å². The van der Waals surface area contributed by atoms with Gasteiger partial charge in [0, 0.05) is 19.8 Å². The van der Waals surface area contributed by atoms with Gasteiger partial charge in [0.1, 0.15) is 5.75 Å². The number of aryl methyl sites for hydroxylation is 1. The molecule has 0 bridgehead atoms. The van der Waals surface area contributed by atoms with E-state index in [1.54, 1.807) is 7.11 Å². The fourth-order valence-electron chi connectivity index (χ4n) is 1.81. The van der Waals surface area contributed by atoms with E-state index in [9.17, 15) is 4.79 Å².